The van der Waals surface area contributed by atoms with Crippen LogP contribution in [0.4, 0.5) is 5.69 Å². The van der Waals surface area contributed by atoms with Gasteiger partial charge in [-0.1, -0.05) is 62.7 Å². The van der Waals surface area contributed by atoms with E-state index < -0.39 is 0 Å². The molecule has 27 heavy (non-hydrogen) atoms. The second-order valence-corrected chi connectivity index (χ2v) is 8.48. The van der Waals surface area contributed by atoms with E-state index in [1.807, 2.05) is 42.5 Å². The van der Waals surface area contributed by atoms with Crippen molar-refractivity contribution < 1.29 is 9.59 Å². The number of benzene rings is 2. The Hall–Kier alpha value is -2.33. The Morgan fingerprint density at radius 1 is 1.00 bits per heavy atom. The summed E-state index contributed by atoms with van der Waals surface area (Å²) in [5.41, 5.74) is 2.91. The first kappa shape index (κ1) is 19.4. The fraction of sp³-hybridized carbons (Fsp3) is 0.364. The summed E-state index contributed by atoms with van der Waals surface area (Å²) in [5.74, 6) is -0.727. The molecule has 2 unspecified atom stereocenters. The lowest BCUT2D eigenvalue weighted by Gasteiger charge is -2.19. The van der Waals surface area contributed by atoms with Gasteiger partial charge < -0.3 is 10.6 Å². The Morgan fingerprint density at radius 2 is 1.63 bits per heavy atom. The maximum absolute atomic E-state index is 12.4. The van der Waals surface area contributed by atoms with E-state index in [-0.39, 0.29) is 29.1 Å². The third kappa shape index (κ3) is 4.89. The number of amides is 2. The summed E-state index contributed by atoms with van der Waals surface area (Å²) in [6.07, 6.45) is 0.584. The number of hydrogen-bond donors (Lipinski definition) is 2. The number of nitrogens with one attached hydrogen (secondary N) is 2. The molecule has 0 spiro atoms. The van der Waals surface area contributed by atoms with Crippen molar-refractivity contribution >= 4 is 29.1 Å². The Labute approximate surface area is 165 Å². The van der Waals surface area contributed by atoms with E-state index in [1.165, 1.54) is 5.56 Å². The first-order valence-corrected chi connectivity index (χ1v) is 9.56. The van der Waals surface area contributed by atoms with Crippen LogP contribution in [0.1, 0.15) is 38.3 Å². The van der Waals surface area contributed by atoms with Crippen molar-refractivity contribution in [3.63, 3.8) is 0 Å². The molecule has 2 amide bonds. The van der Waals surface area contributed by atoms with Crippen molar-refractivity contribution in [1.82, 2.24) is 5.32 Å². The van der Waals surface area contributed by atoms with E-state index in [9.17, 15) is 9.59 Å². The minimum Gasteiger partial charge on any atom is -0.352 e. The van der Waals surface area contributed by atoms with Crippen LogP contribution in [0.25, 0.3) is 0 Å². The number of carbonyl (C=O) groups excluding carboxylic acids is 2. The zero-order valence-electron chi connectivity index (χ0n) is 15.9. The first-order valence-electron chi connectivity index (χ1n) is 9.18. The molecule has 0 radical (unpaired) electrons. The van der Waals surface area contributed by atoms with Crippen LogP contribution in [0.2, 0.25) is 5.02 Å². The summed E-state index contributed by atoms with van der Waals surface area (Å²) in [7, 11) is 0. The van der Waals surface area contributed by atoms with Crippen LogP contribution >= 0.6 is 11.6 Å². The van der Waals surface area contributed by atoms with Crippen LogP contribution in [-0.2, 0) is 21.5 Å². The Kier molecular flexibility index (Phi) is 5.56. The second-order valence-electron chi connectivity index (χ2n) is 8.07. The SMILES string of the molecule is CC(C)(C)c1ccc(NC(=O)C2CC2C(=O)NCc2ccccc2Cl)cc1. The molecular weight excluding hydrogens is 360 g/mol. The monoisotopic (exact) mass is 384 g/mol. The van der Waals surface area contributed by atoms with Gasteiger partial charge in [-0.25, -0.2) is 0 Å². The zero-order chi connectivity index (χ0) is 19.6. The molecule has 2 N–H and O–H groups in total. The van der Waals surface area contributed by atoms with Crippen LogP contribution in [0.15, 0.2) is 48.5 Å². The average molecular weight is 385 g/mol. The fourth-order valence-electron chi connectivity index (χ4n) is 3.02. The molecule has 1 aliphatic rings. The quantitative estimate of drug-likeness (QED) is 0.795. The van der Waals surface area contributed by atoms with Gasteiger partial charge in [-0.2, -0.15) is 0 Å². The lowest BCUT2D eigenvalue weighted by molar-refractivity contribution is -0.125. The van der Waals surface area contributed by atoms with Gasteiger partial charge in [0.25, 0.3) is 0 Å². The van der Waals surface area contributed by atoms with E-state index >= 15 is 0 Å². The van der Waals surface area contributed by atoms with Gasteiger partial charge in [0.15, 0.2) is 0 Å². The molecule has 0 aliphatic heterocycles. The molecule has 0 saturated heterocycles. The van der Waals surface area contributed by atoms with Crippen molar-refractivity contribution in [2.75, 3.05) is 5.32 Å². The summed E-state index contributed by atoms with van der Waals surface area (Å²) < 4.78 is 0. The van der Waals surface area contributed by atoms with E-state index in [2.05, 4.69) is 31.4 Å². The minimum atomic E-state index is -0.265. The summed E-state index contributed by atoms with van der Waals surface area (Å²) >= 11 is 6.10. The number of hydrogen-bond acceptors (Lipinski definition) is 2. The van der Waals surface area contributed by atoms with Gasteiger partial charge in [0.1, 0.15) is 0 Å². The highest BCUT2D eigenvalue weighted by molar-refractivity contribution is 6.31. The van der Waals surface area contributed by atoms with Gasteiger partial charge >= 0.3 is 0 Å². The molecule has 1 aliphatic carbocycles. The lowest BCUT2D eigenvalue weighted by Crippen LogP contribution is -2.27. The van der Waals surface area contributed by atoms with Crippen molar-refractivity contribution in [1.29, 1.82) is 0 Å². The van der Waals surface area contributed by atoms with Crippen molar-refractivity contribution in [3.8, 4) is 0 Å². The highest BCUT2D eigenvalue weighted by atomic mass is 35.5. The van der Waals surface area contributed by atoms with Crippen molar-refractivity contribution in [2.24, 2.45) is 11.8 Å². The summed E-state index contributed by atoms with van der Waals surface area (Å²) in [6.45, 7) is 6.82. The number of rotatable bonds is 5. The smallest absolute Gasteiger partial charge is 0.228 e. The molecule has 2 aromatic rings. The molecule has 3 rings (SSSR count). The van der Waals surface area contributed by atoms with Gasteiger partial charge in [0.05, 0.1) is 11.8 Å². The van der Waals surface area contributed by atoms with Crippen molar-refractivity contribution in [2.45, 2.75) is 39.2 Å². The van der Waals surface area contributed by atoms with Gasteiger partial charge in [-0.05, 0) is 41.2 Å². The maximum Gasteiger partial charge on any atom is 0.228 e. The summed E-state index contributed by atoms with van der Waals surface area (Å²) in [4.78, 5) is 24.7. The van der Waals surface area contributed by atoms with Gasteiger partial charge in [-0.3, -0.25) is 9.59 Å². The molecule has 2 atom stereocenters. The highest BCUT2D eigenvalue weighted by Gasteiger charge is 2.47. The molecule has 142 valence electrons. The average Bonchev–Trinajstić information content (AvgIpc) is 3.41. The van der Waals surface area contributed by atoms with E-state index in [4.69, 9.17) is 11.6 Å². The van der Waals surface area contributed by atoms with Crippen LogP contribution < -0.4 is 10.6 Å². The molecule has 2 aromatic carbocycles. The summed E-state index contributed by atoms with van der Waals surface area (Å²) in [6, 6.07) is 15.3. The Bertz CT molecular complexity index is 840. The predicted octanol–water partition coefficient (Wildman–Crippen LogP) is 4.53. The number of anilines is 1. The molecule has 0 aromatic heterocycles. The standard InChI is InChI=1S/C22H25ClN2O2/c1-22(2,3)15-8-10-16(11-9-15)25-21(27)18-12-17(18)20(26)24-13-14-6-4-5-7-19(14)23/h4-11,17-18H,12-13H2,1-3H3,(H,24,26)(H,25,27). The molecule has 0 heterocycles. The number of carbonyl (C=O) groups is 2. The van der Waals surface area contributed by atoms with E-state index in [0.29, 0.717) is 18.0 Å². The zero-order valence-corrected chi connectivity index (χ0v) is 16.6. The maximum atomic E-state index is 12.4. The largest absolute Gasteiger partial charge is 0.352 e. The van der Waals surface area contributed by atoms with Gasteiger partial charge in [0, 0.05) is 17.3 Å². The highest BCUT2D eigenvalue weighted by Crippen LogP contribution is 2.39. The van der Waals surface area contributed by atoms with Crippen LogP contribution in [0.3, 0.4) is 0 Å². The summed E-state index contributed by atoms with van der Waals surface area (Å²) in [5, 5.41) is 6.41. The normalized spacial score (nSPS) is 18.7. The third-order valence-electron chi connectivity index (χ3n) is 4.89. The molecule has 1 fully saturated rings. The van der Waals surface area contributed by atoms with E-state index in [0.717, 1.165) is 11.3 Å². The van der Waals surface area contributed by atoms with Crippen LogP contribution in [0.5, 0.6) is 0 Å². The molecule has 4 nitrogen and oxygen atoms in total. The second kappa shape index (κ2) is 7.73. The Morgan fingerprint density at radius 3 is 2.26 bits per heavy atom. The topological polar surface area (TPSA) is 58.2 Å². The van der Waals surface area contributed by atoms with Crippen molar-refractivity contribution in [3.05, 3.63) is 64.7 Å². The van der Waals surface area contributed by atoms with Gasteiger partial charge in [0.2, 0.25) is 11.8 Å². The van der Waals surface area contributed by atoms with Crippen LogP contribution in [0, 0.1) is 11.8 Å². The third-order valence-corrected chi connectivity index (χ3v) is 5.26. The van der Waals surface area contributed by atoms with Gasteiger partial charge in [-0.15, -0.1) is 0 Å². The first-order chi connectivity index (χ1) is 12.8. The van der Waals surface area contributed by atoms with Crippen LogP contribution in [-0.4, -0.2) is 11.8 Å². The lowest BCUT2D eigenvalue weighted by atomic mass is 9.87. The Balaban J connectivity index is 1.50. The molecule has 1 saturated carbocycles. The molecule has 0 bridgehead atoms. The molecular formula is C22H25ClN2O2. The minimum absolute atomic E-state index is 0.0733. The number of halogens is 1. The molecule has 5 heteroatoms. The fourth-order valence-corrected chi connectivity index (χ4v) is 3.22. The predicted molar refractivity (Wildman–Crippen MR) is 109 cm³/mol. The van der Waals surface area contributed by atoms with E-state index in [1.54, 1.807) is 6.07 Å².